The van der Waals surface area contributed by atoms with Gasteiger partial charge in [0.05, 0.1) is 13.2 Å². The molecule has 0 heterocycles. The number of hydrogen-bond acceptors (Lipinski definition) is 4. The number of ether oxygens (including phenoxy) is 1. The van der Waals surface area contributed by atoms with Crippen LogP contribution in [0.3, 0.4) is 0 Å². The largest absolute Gasteiger partial charge is 0.467 e. The fraction of sp³-hybridized carbons (Fsp3) is 0.537. The Balaban J connectivity index is 1.91. The third-order valence-corrected chi connectivity index (χ3v) is 15.2. The first kappa shape index (κ1) is 37.7. The Morgan fingerprint density at radius 3 is 1.93 bits per heavy atom. The van der Waals surface area contributed by atoms with Gasteiger partial charge in [-0.3, -0.25) is 0 Å². The van der Waals surface area contributed by atoms with E-state index in [1.54, 1.807) is 6.07 Å². The minimum absolute atomic E-state index is 0.0788. The number of hydrogen-bond donors (Lipinski definition) is 1. The molecule has 0 aliphatic heterocycles. The quantitative estimate of drug-likeness (QED) is 0.157. The molecule has 0 amide bonds. The number of carbonyl (C=O) groups is 1. The maximum Gasteiger partial charge on any atom is 0.339 e. The van der Waals surface area contributed by atoms with Crippen LogP contribution in [0.15, 0.2) is 60.7 Å². The van der Waals surface area contributed by atoms with Crippen molar-refractivity contribution in [3.8, 4) is 11.1 Å². The highest BCUT2D eigenvalue weighted by Gasteiger charge is 2.41. The van der Waals surface area contributed by atoms with Crippen LogP contribution in [0.5, 0.6) is 0 Å². The predicted molar refractivity (Wildman–Crippen MR) is 196 cm³/mol. The first-order valence-electron chi connectivity index (χ1n) is 17.1. The zero-order chi connectivity index (χ0) is 34.7. The number of benzene rings is 3. The molecule has 0 saturated heterocycles. The highest BCUT2D eigenvalue weighted by atomic mass is 28.4. The molecule has 5 heteroatoms. The summed E-state index contributed by atoms with van der Waals surface area (Å²) in [6.45, 7) is 27.6. The van der Waals surface area contributed by atoms with Crippen LogP contribution in [0.4, 0.5) is 0 Å². The Kier molecular flexibility index (Phi) is 12.0. The molecule has 0 aliphatic carbocycles. The van der Waals surface area contributed by atoms with E-state index in [9.17, 15) is 9.90 Å². The summed E-state index contributed by atoms with van der Waals surface area (Å²) in [5.41, 5.74) is 9.14. The molecule has 252 valence electrons. The van der Waals surface area contributed by atoms with Gasteiger partial charge in [-0.25, -0.2) is 4.79 Å². The van der Waals surface area contributed by atoms with Crippen LogP contribution in [0, 0.1) is 19.3 Å². The molecular weight excluding hydrogens is 585 g/mol. The van der Waals surface area contributed by atoms with E-state index in [2.05, 4.69) is 119 Å². The zero-order valence-electron chi connectivity index (χ0n) is 30.9. The molecule has 1 N–H and O–H groups in total. The van der Waals surface area contributed by atoms with Crippen molar-refractivity contribution in [3.05, 3.63) is 94.0 Å². The molecule has 0 radical (unpaired) electrons. The van der Waals surface area contributed by atoms with E-state index >= 15 is 0 Å². The van der Waals surface area contributed by atoms with E-state index in [1.165, 1.54) is 29.4 Å². The molecule has 2 atom stereocenters. The molecule has 0 aliphatic rings. The van der Waals surface area contributed by atoms with Crippen molar-refractivity contribution in [2.45, 2.75) is 131 Å². The Labute approximate surface area is 281 Å². The fourth-order valence-electron chi connectivity index (χ4n) is 6.40. The summed E-state index contributed by atoms with van der Waals surface area (Å²) in [4.78, 5) is 11.9. The van der Waals surface area contributed by atoms with Crippen LogP contribution in [0.2, 0.25) is 18.1 Å². The summed E-state index contributed by atoms with van der Waals surface area (Å²) in [6, 6.07) is 21.4. The summed E-state index contributed by atoms with van der Waals surface area (Å²) in [5.74, 6) is -0.658. The molecule has 0 bridgehead atoms. The summed E-state index contributed by atoms with van der Waals surface area (Å²) >= 11 is 0. The van der Waals surface area contributed by atoms with E-state index in [-0.39, 0.29) is 22.0 Å². The Morgan fingerprint density at radius 1 is 0.848 bits per heavy atom. The minimum atomic E-state index is -1.89. The average Bonchev–Trinajstić information content (AvgIpc) is 2.99. The Bertz CT molecular complexity index is 1490. The molecule has 0 fully saturated rings. The summed E-state index contributed by atoms with van der Waals surface area (Å²) < 4.78 is 11.7. The number of esters is 1. The summed E-state index contributed by atoms with van der Waals surface area (Å²) in [7, 11) is -0.598. The van der Waals surface area contributed by atoms with Gasteiger partial charge in [0.15, 0.2) is 14.4 Å². The van der Waals surface area contributed by atoms with Crippen molar-refractivity contribution >= 4 is 14.3 Å². The van der Waals surface area contributed by atoms with Crippen molar-refractivity contribution in [3.63, 3.8) is 0 Å². The predicted octanol–water partition coefficient (Wildman–Crippen LogP) is 10.7. The van der Waals surface area contributed by atoms with Crippen molar-refractivity contribution in [2.75, 3.05) is 7.11 Å². The van der Waals surface area contributed by atoms with Gasteiger partial charge < -0.3 is 14.3 Å². The number of rotatable bonds is 12. The minimum Gasteiger partial charge on any atom is -0.467 e. The molecule has 3 aromatic rings. The van der Waals surface area contributed by atoms with Gasteiger partial charge in [-0.15, -0.1) is 0 Å². The fourth-order valence-corrected chi connectivity index (χ4v) is 7.94. The normalized spacial score (nSPS) is 14.2. The lowest BCUT2D eigenvalue weighted by Gasteiger charge is -2.43. The van der Waals surface area contributed by atoms with Crippen LogP contribution in [0.25, 0.3) is 11.1 Å². The molecule has 0 spiro atoms. The second kappa shape index (κ2) is 14.6. The van der Waals surface area contributed by atoms with Crippen LogP contribution >= 0.6 is 0 Å². The van der Waals surface area contributed by atoms with Crippen LogP contribution < -0.4 is 0 Å². The average molecular weight is 645 g/mol. The van der Waals surface area contributed by atoms with E-state index in [4.69, 9.17) is 9.16 Å². The highest BCUT2D eigenvalue weighted by molar-refractivity contribution is 6.74. The van der Waals surface area contributed by atoms with E-state index in [0.29, 0.717) is 5.56 Å². The second-order valence-corrected chi connectivity index (χ2v) is 20.5. The molecule has 46 heavy (non-hydrogen) atoms. The number of carbonyl (C=O) groups excluding carboxylic acids is 1. The SMILES string of the molecule is CCC(CC)(c1ccc(CCC(O[Si](C)(C)C(C)(C)C)C(C)(C)C)c(C)c1)c1ccc(-c2cccc(C(O)C(=O)OC)c2)c(C)c1. The zero-order valence-corrected chi connectivity index (χ0v) is 31.9. The van der Waals surface area contributed by atoms with Crippen molar-refractivity contribution in [1.82, 2.24) is 0 Å². The number of methoxy groups -OCH3 is 1. The molecule has 4 nitrogen and oxygen atoms in total. The molecule has 3 aromatic carbocycles. The lowest BCUT2D eigenvalue weighted by Crippen LogP contribution is -2.47. The van der Waals surface area contributed by atoms with Gasteiger partial charge in [0.1, 0.15) is 0 Å². The standard InChI is InChI=1S/C41H60O4Si/c1-14-41(15-2,34-22-23-35(29(4)26-34)31-17-16-18-32(27-31)37(42)38(43)44-11)33-21-19-30(28(3)25-33)20-24-36(39(5,6)7)45-46(12,13)40(8,9)10/h16-19,21-23,25-27,36-37,42H,14-15,20,24H2,1-13H3. The smallest absolute Gasteiger partial charge is 0.339 e. The maximum atomic E-state index is 11.9. The molecule has 3 rings (SSSR count). The molecule has 2 unspecified atom stereocenters. The van der Waals surface area contributed by atoms with Gasteiger partial charge >= 0.3 is 5.97 Å². The second-order valence-electron chi connectivity index (χ2n) is 15.8. The highest BCUT2D eigenvalue weighted by Crippen LogP contribution is 2.43. The lowest BCUT2D eigenvalue weighted by atomic mass is 9.69. The number of aliphatic hydroxyl groups is 1. The lowest BCUT2D eigenvalue weighted by molar-refractivity contribution is -0.150. The van der Waals surface area contributed by atoms with Gasteiger partial charge in [0, 0.05) is 5.41 Å². The third-order valence-electron chi connectivity index (χ3n) is 10.7. The molecular formula is C41H60O4Si. The number of aliphatic hydroxyl groups excluding tert-OH is 1. The topological polar surface area (TPSA) is 55.8 Å². The van der Waals surface area contributed by atoms with Crippen LogP contribution in [0.1, 0.15) is 114 Å². The van der Waals surface area contributed by atoms with E-state index < -0.39 is 20.4 Å². The molecule has 0 aromatic heterocycles. The molecule has 0 saturated carbocycles. The van der Waals surface area contributed by atoms with Crippen molar-refractivity contribution in [1.29, 1.82) is 0 Å². The Hall–Kier alpha value is -2.73. The van der Waals surface area contributed by atoms with Crippen LogP contribution in [-0.4, -0.2) is 32.6 Å². The van der Waals surface area contributed by atoms with Gasteiger partial charge in [-0.05, 0) is 114 Å². The maximum absolute atomic E-state index is 11.9. The van der Waals surface area contributed by atoms with Crippen LogP contribution in [-0.2, 0) is 25.8 Å². The summed E-state index contributed by atoms with van der Waals surface area (Å²) in [5, 5.41) is 10.6. The first-order chi connectivity index (χ1) is 21.3. The van der Waals surface area contributed by atoms with Gasteiger partial charge in [-0.1, -0.05) is 110 Å². The third kappa shape index (κ3) is 8.21. The first-order valence-corrected chi connectivity index (χ1v) is 20.0. The van der Waals surface area contributed by atoms with Crippen molar-refractivity contribution in [2.24, 2.45) is 5.41 Å². The van der Waals surface area contributed by atoms with E-state index in [0.717, 1.165) is 42.4 Å². The van der Waals surface area contributed by atoms with Gasteiger partial charge in [0.25, 0.3) is 0 Å². The number of aryl methyl sites for hydroxylation is 3. The van der Waals surface area contributed by atoms with E-state index in [1.807, 2.05) is 18.2 Å². The Morgan fingerprint density at radius 2 is 1.43 bits per heavy atom. The van der Waals surface area contributed by atoms with Gasteiger partial charge in [0.2, 0.25) is 0 Å². The van der Waals surface area contributed by atoms with Gasteiger partial charge in [-0.2, -0.15) is 0 Å². The summed E-state index contributed by atoms with van der Waals surface area (Å²) in [6.07, 6.45) is 2.92. The van der Waals surface area contributed by atoms with Crippen molar-refractivity contribution < 1.29 is 19.1 Å². The monoisotopic (exact) mass is 644 g/mol.